The Morgan fingerprint density at radius 2 is 1.29 bits per heavy atom. The third kappa shape index (κ3) is 4.55. The summed E-state index contributed by atoms with van der Waals surface area (Å²) in [6, 6.07) is 0.690. The molecule has 0 radical (unpaired) electrons. The van der Waals surface area contributed by atoms with Gasteiger partial charge in [0.25, 0.3) is 0 Å². The molecule has 0 aromatic rings. The SMILES string of the molecule is C=C[Si](C)(C)CN(C(C)CC)[Si](C(C)C)(C(C)C)C(C)C. The minimum atomic E-state index is -1.55. The lowest BCUT2D eigenvalue weighted by molar-refractivity contribution is 0.338. The molecule has 0 aliphatic heterocycles. The average molecular weight is 328 g/mol. The molecule has 0 bridgehead atoms. The van der Waals surface area contributed by atoms with Crippen LogP contribution in [0, 0.1) is 0 Å². The van der Waals surface area contributed by atoms with Gasteiger partial charge in [-0.1, -0.05) is 68.5 Å². The van der Waals surface area contributed by atoms with E-state index in [-0.39, 0.29) is 0 Å². The van der Waals surface area contributed by atoms with Crippen LogP contribution in [0.1, 0.15) is 61.8 Å². The van der Waals surface area contributed by atoms with E-state index in [9.17, 15) is 0 Å². The monoisotopic (exact) mass is 327 g/mol. The van der Waals surface area contributed by atoms with E-state index in [4.69, 9.17) is 0 Å². The Labute approximate surface area is 137 Å². The Morgan fingerprint density at radius 1 is 0.905 bits per heavy atom. The Kier molecular flexibility index (Phi) is 8.17. The van der Waals surface area contributed by atoms with E-state index in [1.807, 2.05) is 0 Å². The van der Waals surface area contributed by atoms with Crippen LogP contribution in [0.4, 0.5) is 0 Å². The van der Waals surface area contributed by atoms with Gasteiger partial charge in [-0.25, -0.2) is 0 Å². The Morgan fingerprint density at radius 3 is 1.52 bits per heavy atom. The smallest absolute Gasteiger partial charge is 0.136 e. The quantitative estimate of drug-likeness (QED) is 0.453. The Balaban J connectivity index is 5.97. The summed E-state index contributed by atoms with van der Waals surface area (Å²) in [5.41, 5.74) is 4.66. The molecule has 1 unspecified atom stereocenters. The van der Waals surface area contributed by atoms with E-state index in [1.54, 1.807) is 0 Å². The molecule has 0 aromatic heterocycles. The van der Waals surface area contributed by atoms with Crippen LogP contribution in [0.25, 0.3) is 0 Å². The van der Waals surface area contributed by atoms with Crippen LogP contribution in [-0.2, 0) is 0 Å². The highest BCUT2D eigenvalue weighted by atomic mass is 28.3. The van der Waals surface area contributed by atoms with Crippen molar-refractivity contribution < 1.29 is 0 Å². The summed E-state index contributed by atoms with van der Waals surface area (Å²) in [6.07, 6.45) is 2.54. The van der Waals surface area contributed by atoms with Crippen molar-refractivity contribution >= 4 is 16.3 Å². The van der Waals surface area contributed by atoms with Crippen LogP contribution in [0.2, 0.25) is 29.7 Å². The lowest BCUT2D eigenvalue weighted by Crippen LogP contribution is -2.66. The third-order valence-electron chi connectivity index (χ3n) is 5.53. The van der Waals surface area contributed by atoms with Gasteiger partial charge < -0.3 is 4.57 Å². The van der Waals surface area contributed by atoms with Gasteiger partial charge in [0.2, 0.25) is 0 Å². The average Bonchev–Trinajstić information content (AvgIpc) is 2.35. The summed E-state index contributed by atoms with van der Waals surface area (Å²) in [4.78, 5) is 0. The maximum absolute atomic E-state index is 4.14. The van der Waals surface area contributed by atoms with E-state index in [2.05, 4.69) is 85.3 Å². The summed E-state index contributed by atoms with van der Waals surface area (Å²) in [5, 5.41) is 0. The van der Waals surface area contributed by atoms with E-state index >= 15 is 0 Å². The first-order valence-corrected chi connectivity index (χ1v) is 14.3. The van der Waals surface area contributed by atoms with Gasteiger partial charge in [0.05, 0.1) is 8.07 Å². The summed E-state index contributed by atoms with van der Waals surface area (Å²) < 4.78 is 3.00. The second kappa shape index (κ2) is 8.12. The molecule has 1 nitrogen and oxygen atoms in total. The molecule has 126 valence electrons. The third-order valence-corrected chi connectivity index (χ3v) is 15.2. The fourth-order valence-corrected chi connectivity index (χ4v) is 15.0. The summed E-state index contributed by atoms with van der Waals surface area (Å²) in [7, 11) is -2.89. The molecule has 0 N–H and O–H groups in total. The Hall–Kier alpha value is 0.134. The molecule has 0 rings (SSSR count). The molecule has 0 aliphatic carbocycles. The molecule has 0 aromatic carbocycles. The maximum atomic E-state index is 4.14. The first kappa shape index (κ1) is 21.1. The highest BCUT2D eigenvalue weighted by molar-refractivity contribution is 6.86. The van der Waals surface area contributed by atoms with Gasteiger partial charge in [-0.05, 0) is 35.3 Å². The fourth-order valence-electron chi connectivity index (χ4n) is 4.39. The molecule has 0 heterocycles. The molecule has 0 amide bonds. The zero-order chi connectivity index (χ0) is 17.0. The number of nitrogens with zero attached hydrogens (tertiary/aromatic N) is 1. The number of rotatable bonds is 9. The topological polar surface area (TPSA) is 3.24 Å². The van der Waals surface area contributed by atoms with Gasteiger partial charge in [0.1, 0.15) is 8.24 Å². The second-order valence-electron chi connectivity index (χ2n) is 8.43. The summed E-state index contributed by atoms with van der Waals surface area (Å²) >= 11 is 0. The predicted molar refractivity (Wildman–Crippen MR) is 105 cm³/mol. The van der Waals surface area contributed by atoms with Crippen molar-refractivity contribution in [2.75, 3.05) is 6.17 Å². The largest absolute Gasteiger partial charge is 0.322 e. The standard InChI is InChI=1S/C18H41NSi2/c1-12-18(9)19(14-20(10,11)13-2)21(15(3)4,16(5)6)17(7)8/h13,15-18H,2,12,14H2,1,3-11H3. The molecule has 1 atom stereocenters. The van der Waals surface area contributed by atoms with E-state index < -0.39 is 16.3 Å². The maximum Gasteiger partial charge on any atom is 0.136 e. The van der Waals surface area contributed by atoms with E-state index in [0.29, 0.717) is 6.04 Å². The fraction of sp³-hybridized carbons (Fsp3) is 0.889. The van der Waals surface area contributed by atoms with Crippen molar-refractivity contribution in [3.8, 4) is 0 Å². The van der Waals surface area contributed by atoms with Gasteiger partial charge in [0.15, 0.2) is 0 Å². The van der Waals surface area contributed by atoms with Crippen molar-refractivity contribution in [1.29, 1.82) is 0 Å². The minimum Gasteiger partial charge on any atom is -0.322 e. The minimum absolute atomic E-state index is 0.690. The lowest BCUT2D eigenvalue weighted by atomic mass is 10.3. The molecule has 0 saturated carbocycles. The summed E-state index contributed by atoms with van der Waals surface area (Å²) in [6.45, 7) is 28.7. The van der Waals surface area contributed by atoms with Crippen LogP contribution >= 0.6 is 0 Å². The van der Waals surface area contributed by atoms with Crippen molar-refractivity contribution in [2.24, 2.45) is 0 Å². The van der Waals surface area contributed by atoms with Gasteiger partial charge >= 0.3 is 0 Å². The first-order valence-electron chi connectivity index (χ1n) is 8.87. The van der Waals surface area contributed by atoms with Gasteiger partial charge in [-0.15, -0.1) is 12.3 Å². The number of hydrogen-bond acceptors (Lipinski definition) is 1. The zero-order valence-corrected chi connectivity index (χ0v) is 18.5. The molecular weight excluding hydrogens is 286 g/mol. The summed E-state index contributed by atoms with van der Waals surface area (Å²) in [5.74, 6) is 0. The van der Waals surface area contributed by atoms with Crippen LogP contribution in [-0.4, -0.2) is 33.1 Å². The van der Waals surface area contributed by atoms with Gasteiger partial charge in [-0.2, -0.15) is 0 Å². The van der Waals surface area contributed by atoms with Crippen LogP contribution in [0.15, 0.2) is 12.3 Å². The number of hydrogen-bond donors (Lipinski definition) is 0. The van der Waals surface area contributed by atoms with Gasteiger partial charge in [-0.3, -0.25) is 0 Å². The molecule has 0 fully saturated rings. The lowest BCUT2D eigenvalue weighted by Gasteiger charge is -2.55. The van der Waals surface area contributed by atoms with E-state index in [1.165, 1.54) is 12.6 Å². The highest BCUT2D eigenvalue weighted by Crippen LogP contribution is 2.45. The van der Waals surface area contributed by atoms with Crippen molar-refractivity contribution in [3.63, 3.8) is 0 Å². The van der Waals surface area contributed by atoms with Crippen molar-refractivity contribution in [2.45, 2.75) is 97.6 Å². The molecule has 0 aliphatic rings. The first-order chi connectivity index (χ1) is 9.47. The van der Waals surface area contributed by atoms with Crippen molar-refractivity contribution in [3.05, 3.63) is 12.3 Å². The molecule has 0 saturated heterocycles. The van der Waals surface area contributed by atoms with Crippen LogP contribution < -0.4 is 0 Å². The van der Waals surface area contributed by atoms with E-state index in [0.717, 1.165) is 16.6 Å². The van der Waals surface area contributed by atoms with Crippen LogP contribution in [0.3, 0.4) is 0 Å². The highest BCUT2D eigenvalue weighted by Gasteiger charge is 2.50. The normalized spacial score (nSPS) is 15.3. The van der Waals surface area contributed by atoms with Crippen LogP contribution in [0.5, 0.6) is 0 Å². The predicted octanol–water partition coefficient (Wildman–Crippen LogP) is 6.24. The zero-order valence-electron chi connectivity index (χ0n) is 16.5. The Bertz CT molecular complexity index is 299. The molecule has 3 heteroatoms. The van der Waals surface area contributed by atoms with Gasteiger partial charge in [0, 0.05) is 0 Å². The molecule has 0 spiro atoms. The molecule has 21 heavy (non-hydrogen) atoms. The molecular formula is C18H41NSi2. The van der Waals surface area contributed by atoms with Crippen molar-refractivity contribution in [1.82, 2.24) is 4.57 Å². The second-order valence-corrected chi connectivity index (χ2v) is 18.9.